The van der Waals surface area contributed by atoms with E-state index in [4.69, 9.17) is 23.8 Å². The van der Waals surface area contributed by atoms with Crippen LogP contribution in [0.15, 0.2) is 30.3 Å². The number of hydrogen-bond acceptors (Lipinski definition) is 2. The molecule has 0 aliphatic heterocycles. The Balaban J connectivity index is 2.88. The van der Waals surface area contributed by atoms with Gasteiger partial charge in [-0.25, -0.2) is 0 Å². The highest BCUT2D eigenvalue weighted by Gasteiger charge is 2.19. The highest BCUT2D eigenvalue weighted by Crippen LogP contribution is 2.12. The van der Waals surface area contributed by atoms with E-state index >= 15 is 0 Å². The third kappa shape index (κ3) is 3.47. The van der Waals surface area contributed by atoms with Crippen molar-refractivity contribution >= 4 is 34.7 Å². The number of halogens is 1. The zero-order valence-corrected chi connectivity index (χ0v) is 10.4. The van der Waals surface area contributed by atoms with Crippen LogP contribution < -0.4 is 10.6 Å². The molecule has 3 nitrogen and oxygen atoms in total. The Morgan fingerprint density at radius 3 is 2.56 bits per heavy atom. The summed E-state index contributed by atoms with van der Waals surface area (Å²) in [6.45, 7) is 0. The second-order valence-corrected chi connectivity index (χ2v) is 3.92. The Labute approximate surface area is 105 Å². The second-order valence-electron chi connectivity index (χ2n) is 3.16. The van der Waals surface area contributed by atoms with Crippen LogP contribution in [-0.4, -0.2) is 23.8 Å². The highest BCUT2D eigenvalue weighted by molar-refractivity contribution is 7.80. The van der Waals surface area contributed by atoms with Crippen molar-refractivity contribution in [2.24, 2.45) is 0 Å². The van der Waals surface area contributed by atoms with Crippen LogP contribution in [0.25, 0.3) is 0 Å². The topological polar surface area (TPSA) is 41.1 Å². The summed E-state index contributed by atoms with van der Waals surface area (Å²) < 4.78 is 0. The smallest absolute Gasteiger partial charge is 0.246 e. The van der Waals surface area contributed by atoms with Gasteiger partial charge in [0.05, 0.1) is 10.9 Å². The average Bonchev–Trinajstić information content (AvgIpc) is 2.35. The molecule has 0 bridgehead atoms. The molecule has 0 aromatic heterocycles. The van der Waals surface area contributed by atoms with Crippen LogP contribution in [-0.2, 0) is 4.79 Å². The van der Waals surface area contributed by atoms with Crippen LogP contribution in [0.4, 0.5) is 0 Å². The molecule has 0 aliphatic carbocycles. The number of nitrogens with one attached hydrogen (secondary N) is 2. The molecule has 0 fully saturated rings. The number of carbonyl (C=O) groups excluding carboxylic acids is 1. The molecule has 0 heterocycles. The number of alkyl halides is 1. The summed E-state index contributed by atoms with van der Waals surface area (Å²) in [4.78, 5) is 12.1. The molecule has 0 aliphatic rings. The minimum absolute atomic E-state index is 0.140. The number of amides is 1. The summed E-state index contributed by atoms with van der Waals surface area (Å²) in [5, 5.41) is 5.51. The minimum atomic E-state index is -0.488. The normalized spacial score (nSPS) is 11.6. The molecule has 5 heteroatoms. The van der Waals surface area contributed by atoms with E-state index in [1.807, 2.05) is 30.3 Å². The lowest BCUT2D eigenvalue weighted by Crippen LogP contribution is -2.38. The summed E-state index contributed by atoms with van der Waals surface area (Å²) in [6, 6.07) is 8.88. The maximum atomic E-state index is 11.7. The van der Waals surface area contributed by atoms with Crippen molar-refractivity contribution < 1.29 is 4.79 Å². The Bertz CT molecular complexity index is 370. The van der Waals surface area contributed by atoms with E-state index in [9.17, 15) is 4.79 Å². The second kappa shape index (κ2) is 6.45. The van der Waals surface area contributed by atoms with E-state index in [2.05, 4.69) is 10.6 Å². The van der Waals surface area contributed by atoms with Crippen molar-refractivity contribution in [2.75, 3.05) is 12.9 Å². The van der Waals surface area contributed by atoms with E-state index in [0.717, 1.165) is 5.56 Å². The predicted octanol–water partition coefficient (Wildman–Crippen LogP) is 1.63. The molecular formula is C11H13ClN2OS. The largest absolute Gasteiger partial charge is 0.364 e. The van der Waals surface area contributed by atoms with Crippen molar-refractivity contribution in [3.8, 4) is 0 Å². The maximum absolute atomic E-state index is 11.7. The molecule has 0 saturated carbocycles. The van der Waals surface area contributed by atoms with Gasteiger partial charge in [0.1, 0.15) is 6.04 Å². The van der Waals surface area contributed by atoms with Crippen molar-refractivity contribution in [1.29, 1.82) is 0 Å². The number of rotatable bonds is 4. The van der Waals surface area contributed by atoms with Crippen molar-refractivity contribution in [3.63, 3.8) is 0 Å². The first-order chi connectivity index (χ1) is 7.69. The summed E-state index contributed by atoms with van der Waals surface area (Å²) in [5.41, 5.74) is 0.856. The number of carbonyl (C=O) groups is 1. The van der Waals surface area contributed by atoms with Gasteiger partial charge in [-0.2, -0.15) is 0 Å². The molecule has 1 atom stereocenters. The van der Waals surface area contributed by atoms with Crippen LogP contribution in [0, 0.1) is 0 Å². The molecule has 0 saturated heterocycles. The van der Waals surface area contributed by atoms with Gasteiger partial charge >= 0.3 is 0 Å². The zero-order chi connectivity index (χ0) is 12.0. The van der Waals surface area contributed by atoms with Crippen LogP contribution in [0.3, 0.4) is 0 Å². The van der Waals surface area contributed by atoms with Gasteiger partial charge in [-0.3, -0.25) is 4.79 Å². The van der Waals surface area contributed by atoms with Crippen LogP contribution in [0.2, 0.25) is 0 Å². The predicted molar refractivity (Wildman–Crippen MR) is 69.7 cm³/mol. The summed E-state index contributed by atoms with van der Waals surface area (Å²) >= 11 is 10.6. The lowest BCUT2D eigenvalue weighted by molar-refractivity contribution is -0.122. The Morgan fingerprint density at radius 1 is 1.44 bits per heavy atom. The lowest BCUT2D eigenvalue weighted by Gasteiger charge is -2.18. The quantitative estimate of drug-likeness (QED) is 0.636. The molecule has 1 unspecified atom stereocenters. The fraction of sp³-hybridized carbons (Fsp3) is 0.273. The third-order valence-corrected chi connectivity index (χ3v) is 2.76. The molecule has 1 aromatic rings. The summed E-state index contributed by atoms with van der Waals surface area (Å²) in [6.07, 6.45) is 0. The SMILES string of the molecule is CNC(=O)C(NC(=S)CCl)c1ccccc1. The van der Waals surface area contributed by atoms with Gasteiger partial charge in [-0.15, -0.1) is 11.6 Å². The van der Waals surface area contributed by atoms with Crippen LogP contribution >= 0.6 is 23.8 Å². The maximum Gasteiger partial charge on any atom is 0.246 e. The summed E-state index contributed by atoms with van der Waals surface area (Å²) in [5.74, 6) is 0.0639. The first kappa shape index (κ1) is 12.9. The molecule has 1 aromatic carbocycles. The monoisotopic (exact) mass is 256 g/mol. The fourth-order valence-electron chi connectivity index (χ4n) is 1.29. The fourth-order valence-corrected chi connectivity index (χ4v) is 1.48. The van der Waals surface area contributed by atoms with E-state index in [-0.39, 0.29) is 11.8 Å². The molecule has 2 N–H and O–H groups in total. The van der Waals surface area contributed by atoms with Gasteiger partial charge in [0, 0.05) is 7.05 Å². The number of hydrogen-bond donors (Lipinski definition) is 2. The van der Waals surface area contributed by atoms with E-state index in [1.165, 1.54) is 0 Å². The van der Waals surface area contributed by atoms with Crippen molar-refractivity contribution in [2.45, 2.75) is 6.04 Å². The average molecular weight is 257 g/mol. The van der Waals surface area contributed by atoms with Crippen LogP contribution in [0.5, 0.6) is 0 Å². The third-order valence-electron chi connectivity index (χ3n) is 2.07. The molecule has 0 spiro atoms. The molecular weight excluding hydrogens is 244 g/mol. The first-order valence-corrected chi connectivity index (χ1v) is 5.75. The van der Waals surface area contributed by atoms with E-state index in [0.29, 0.717) is 4.99 Å². The standard InChI is InChI=1S/C11H13ClN2OS/c1-13-11(15)10(14-9(16)7-12)8-5-3-2-4-6-8/h2-6,10H,7H2,1H3,(H,13,15)(H,14,16). The zero-order valence-electron chi connectivity index (χ0n) is 8.87. The van der Waals surface area contributed by atoms with Gasteiger partial charge in [-0.05, 0) is 5.56 Å². The van der Waals surface area contributed by atoms with E-state index < -0.39 is 6.04 Å². The Morgan fingerprint density at radius 2 is 2.06 bits per heavy atom. The van der Waals surface area contributed by atoms with Crippen molar-refractivity contribution in [1.82, 2.24) is 10.6 Å². The number of thiocarbonyl (C=S) groups is 1. The first-order valence-electron chi connectivity index (χ1n) is 4.81. The van der Waals surface area contributed by atoms with Gasteiger partial charge in [-0.1, -0.05) is 42.5 Å². The van der Waals surface area contributed by atoms with Gasteiger partial charge in [0.2, 0.25) is 5.91 Å². The Kier molecular flexibility index (Phi) is 5.22. The van der Waals surface area contributed by atoms with Crippen LogP contribution in [0.1, 0.15) is 11.6 Å². The highest BCUT2D eigenvalue weighted by atomic mass is 35.5. The van der Waals surface area contributed by atoms with Gasteiger partial charge in [0.25, 0.3) is 0 Å². The van der Waals surface area contributed by atoms with Gasteiger partial charge in [0.15, 0.2) is 0 Å². The molecule has 1 amide bonds. The lowest BCUT2D eigenvalue weighted by atomic mass is 10.1. The molecule has 86 valence electrons. The molecule has 0 radical (unpaired) electrons. The molecule has 16 heavy (non-hydrogen) atoms. The molecule has 1 rings (SSSR count). The summed E-state index contributed by atoms with van der Waals surface area (Å²) in [7, 11) is 1.59. The van der Waals surface area contributed by atoms with E-state index in [1.54, 1.807) is 7.05 Å². The number of likely N-dealkylation sites (N-methyl/N-ethyl adjacent to an activating group) is 1. The minimum Gasteiger partial charge on any atom is -0.364 e. The Hall–Kier alpha value is -1.13. The number of benzene rings is 1. The van der Waals surface area contributed by atoms with Gasteiger partial charge < -0.3 is 10.6 Å². The van der Waals surface area contributed by atoms with Crippen molar-refractivity contribution in [3.05, 3.63) is 35.9 Å².